The lowest BCUT2D eigenvalue weighted by atomic mass is 10.0. The SMILES string of the molecule is CCCc1cccc(/C(C)=N/OC)c1. The van der Waals surface area contributed by atoms with E-state index in [-0.39, 0.29) is 0 Å². The van der Waals surface area contributed by atoms with Gasteiger partial charge in [-0.15, -0.1) is 0 Å². The van der Waals surface area contributed by atoms with E-state index in [9.17, 15) is 0 Å². The lowest BCUT2D eigenvalue weighted by molar-refractivity contribution is 0.213. The zero-order valence-electron chi connectivity index (χ0n) is 9.08. The maximum absolute atomic E-state index is 4.75. The van der Waals surface area contributed by atoms with Crippen molar-refractivity contribution in [2.45, 2.75) is 26.7 Å². The first-order valence-electron chi connectivity index (χ1n) is 4.95. The van der Waals surface area contributed by atoms with Gasteiger partial charge in [-0.1, -0.05) is 36.7 Å². The molecule has 0 heterocycles. The van der Waals surface area contributed by atoms with Crippen LogP contribution in [0.2, 0.25) is 0 Å². The van der Waals surface area contributed by atoms with E-state index in [0.29, 0.717) is 0 Å². The molecule has 0 N–H and O–H groups in total. The Balaban J connectivity index is 2.87. The molecule has 1 aromatic carbocycles. The Kier molecular flexibility index (Phi) is 4.17. The molecule has 1 aromatic rings. The van der Waals surface area contributed by atoms with Crippen LogP contribution in [0, 0.1) is 0 Å². The molecule has 14 heavy (non-hydrogen) atoms. The van der Waals surface area contributed by atoms with Crippen molar-refractivity contribution in [3.05, 3.63) is 35.4 Å². The highest BCUT2D eigenvalue weighted by Gasteiger charge is 1.98. The Labute approximate surface area is 85.6 Å². The number of hydrogen-bond donors (Lipinski definition) is 0. The van der Waals surface area contributed by atoms with Crippen molar-refractivity contribution in [2.24, 2.45) is 5.16 Å². The average molecular weight is 191 g/mol. The zero-order chi connectivity index (χ0) is 10.4. The number of hydrogen-bond acceptors (Lipinski definition) is 2. The van der Waals surface area contributed by atoms with Crippen LogP contribution in [0.4, 0.5) is 0 Å². The highest BCUT2D eigenvalue weighted by molar-refractivity contribution is 5.98. The van der Waals surface area contributed by atoms with Crippen LogP contribution in [0.5, 0.6) is 0 Å². The summed E-state index contributed by atoms with van der Waals surface area (Å²) in [6.07, 6.45) is 2.29. The molecule has 0 spiro atoms. The Morgan fingerprint density at radius 1 is 1.43 bits per heavy atom. The van der Waals surface area contributed by atoms with Gasteiger partial charge in [-0.3, -0.25) is 0 Å². The van der Waals surface area contributed by atoms with E-state index < -0.39 is 0 Å². The van der Waals surface area contributed by atoms with Crippen LogP contribution in [-0.2, 0) is 11.3 Å². The molecule has 0 bridgehead atoms. The summed E-state index contributed by atoms with van der Waals surface area (Å²) in [5, 5.41) is 3.91. The topological polar surface area (TPSA) is 21.6 Å². The monoisotopic (exact) mass is 191 g/mol. The van der Waals surface area contributed by atoms with Crippen LogP contribution >= 0.6 is 0 Å². The van der Waals surface area contributed by atoms with Gasteiger partial charge in [0, 0.05) is 0 Å². The van der Waals surface area contributed by atoms with E-state index in [2.05, 4.69) is 36.3 Å². The number of benzene rings is 1. The molecule has 0 atom stereocenters. The Hall–Kier alpha value is -1.31. The van der Waals surface area contributed by atoms with Gasteiger partial charge in [0.2, 0.25) is 0 Å². The van der Waals surface area contributed by atoms with Gasteiger partial charge >= 0.3 is 0 Å². The van der Waals surface area contributed by atoms with Crippen molar-refractivity contribution in [2.75, 3.05) is 7.11 Å². The number of rotatable bonds is 4. The van der Waals surface area contributed by atoms with Crippen LogP contribution < -0.4 is 0 Å². The molecule has 0 aliphatic rings. The predicted octanol–water partition coefficient (Wildman–Crippen LogP) is 3.01. The van der Waals surface area contributed by atoms with Crippen molar-refractivity contribution in [3.63, 3.8) is 0 Å². The van der Waals surface area contributed by atoms with Crippen molar-refractivity contribution >= 4 is 5.71 Å². The summed E-state index contributed by atoms with van der Waals surface area (Å²) in [6, 6.07) is 8.43. The molecule has 0 amide bonds. The van der Waals surface area contributed by atoms with Gasteiger partial charge in [-0.05, 0) is 30.5 Å². The number of nitrogens with zero attached hydrogens (tertiary/aromatic N) is 1. The minimum absolute atomic E-state index is 0.922. The summed E-state index contributed by atoms with van der Waals surface area (Å²) in [4.78, 5) is 4.75. The fourth-order valence-corrected chi connectivity index (χ4v) is 1.43. The van der Waals surface area contributed by atoms with E-state index >= 15 is 0 Å². The fourth-order valence-electron chi connectivity index (χ4n) is 1.43. The fraction of sp³-hybridized carbons (Fsp3) is 0.417. The van der Waals surface area contributed by atoms with E-state index in [1.807, 2.05) is 6.92 Å². The molecular formula is C12H17NO. The van der Waals surface area contributed by atoms with Crippen molar-refractivity contribution < 1.29 is 4.84 Å². The molecule has 1 rings (SSSR count). The maximum atomic E-state index is 4.75. The predicted molar refractivity (Wildman–Crippen MR) is 59.7 cm³/mol. The highest BCUT2D eigenvalue weighted by atomic mass is 16.6. The standard InChI is InChI=1S/C12H17NO/c1-4-6-11-7-5-8-12(9-11)10(2)13-14-3/h5,7-9H,4,6H2,1-3H3/b13-10+. The maximum Gasteiger partial charge on any atom is 0.106 e. The molecule has 0 saturated heterocycles. The molecule has 76 valence electrons. The van der Waals surface area contributed by atoms with E-state index in [0.717, 1.165) is 17.7 Å². The van der Waals surface area contributed by atoms with Gasteiger partial charge in [-0.2, -0.15) is 0 Å². The first-order valence-corrected chi connectivity index (χ1v) is 4.95. The number of oxime groups is 1. The van der Waals surface area contributed by atoms with Crippen molar-refractivity contribution in [1.82, 2.24) is 0 Å². The minimum atomic E-state index is 0.922. The third kappa shape index (κ3) is 2.87. The lowest BCUT2D eigenvalue weighted by Crippen LogP contribution is -1.96. The van der Waals surface area contributed by atoms with Crippen LogP contribution in [-0.4, -0.2) is 12.8 Å². The summed E-state index contributed by atoms with van der Waals surface area (Å²) in [6.45, 7) is 4.14. The molecule has 0 aliphatic carbocycles. The molecule has 0 aromatic heterocycles. The molecule has 0 aliphatic heterocycles. The second-order valence-corrected chi connectivity index (χ2v) is 3.31. The quantitative estimate of drug-likeness (QED) is 0.529. The summed E-state index contributed by atoms with van der Waals surface area (Å²) in [5.74, 6) is 0. The highest BCUT2D eigenvalue weighted by Crippen LogP contribution is 2.08. The summed E-state index contributed by atoms with van der Waals surface area (Å²) < 4.78 is 0. The van der Waals surface area contributed by atoms with Crippen LogP contribution in [0.1, 0.15) is 31.4 Å². The second kappa shape index (κ2) is 5.43. The molecular weight excluding hydrogens is 174 g/mol. The minimum Gasteiger partial charge on any atom is -0.399 e. The molecule has 0 fully saturated rings. The third-order valence-corrected chi connectivity index (χ3v) is 2.11. The zero-order valence-corrected chi connectivity index (χ0v) is 9.08. The molecule has 0 saturated carbocycles. The van der Waals surface area contributed by atoms with Crippen molar-refractivity contribution in [3.8, 4) is 0 Å². The smallest absolute Gasteiger partial charge is 0.106 e. The van der Waals surface area contributed by atoms with Gasteiger partial charge in [0.1, 0.15) is 7.11 Å². The second-order valence-electron chi connectivity index (χ2n) is 3.31. The van der Waals surface area contributed by atoms with E-state index in [1.54, 1.807) is 7.11 Å². The summed E-state index contributed by atoms with van der Waals surface area (Å²) in [7, 11) is 1.57. The van der Waals surface area contributed by atoms with Crippen LogP contribution in [0.3, 0.4) is 0 Å². The largest absolute Gasteiger partial charge is 0.399 e. The summed E-state index contributed by atoms with van der Waals surface area (Å²) in [5.41, 5.74) is 3.42. The van der Waals surface area contributed by atoms with Gasteiger partial charge < -0.3 is 4.84 Å². The van der Waals surface area contributed by atoms with Crippen molar-refractivity contribution in [1.29, 1.82) is 0 Å². The van der Waals surface area contributed by atoms with Crippen LogP contribution in [0.25, 0.3) is 0 Å². The molecule has 2 heteroatoms. The van der Waals surface area contributed by atoms with Gasteiger partial charge in [0.25, 0.3) is 0 Å². The summed E-state index contributed by atoms with van der Waals surface area (Å²) >= 11 is 0. The van der Waals surface area contributed by atoms with Gasteiger partial charge in [0.05, 0.1) is 5.71 Å². The normalized spacial score (nSPS) is 11.5. The van der Waals surface area contributed by atoms with Gasteiger partial charge in [0.15, 0.2) is 0 Å². The van der Waals surface area contributed by atoms with Gasteiger partial charge in [-0.25, -0.2) is 0 Å². The molecule has 0 unspecified atom stereocenters. The Bertz CT molecular complexity index is 318. The van der Waals surface area contributed by atoms with Crippen LogP contribution in [0.15, 0.2) is 29.4 Å². The first kappa shape index (κ1) is 10.8. The average Bonchev–Trinajstić information content (AvgIpc) is 2.19. The van der Waals surface area contributed by atoms with E-state index in [4.69, 9.17) is 4.84 Å². The lowest BCUT2D eigenvalue weighted by Gasteiger charge is -2.03. The Morgan fingerprint density at radius 3 is 2.86 bits per heavy atom. The number of aryl methyl sites for hydroxylation is 1. The molecule has 0 radical (unpaired) electrons. The first-order chi connectivity index (χ1) is 6.77. The molecule has 2 nitrogen and oxygen atoms in total. The Morgan fingerprint density at radius 2 is 2.21 bits per heavy atom. The van der Waals surface area contributed by atoms with E-state index in [1.165, 1.54) is 12.0 Å². The third-order valence-electron chi connectivity index (χ3n) is 2.11.